The molecule has 1 aliphatic rings. The smallest absolute Gasteiger partial charge is 0.161 e. The van der Waals surface area contributed by atoms with Gasteiger partial charge in [-0.25, -0.2) is 0 Å². The molecular weight excluding hydrogens is 238 g/mol. The molecule has 1 aromatic rings. The van der Waals surface area contributed by atoms with Crippen LogP contribution >= 0.6 is 0 Å². The van der Waals surface area contributed by atoms with Gasteiger partial charge in [-0.05, 0) is 39.7 Å². The van der Waals surface area contributed by atoms with Crippen molar-refractivity contribution in [1.29, 1.82) is 0 Å². The van der Waals surface area contributed by atoms with Crippen LogP contribution in [-0.2, 0) is 5.54 Å². The van der Waals surface area contributed by atoms with Gasteiger partial charge in [0.1, 0.15) is 5.69 Å². The molecule has 1 aromatic heterocycles. The average Bonchev–Trinajstić information content (AvgIpc) is 2.71. The van der Waals surface area contributed by atoms with E-state index in [2.05, 4.69) is 35.9 Å². The summed E-state index contributed by atoms with van der Waals surface area (Å²) < 4.78 is 7.70. The quantitative estimate of drug-likeness (QED) is 0.908. The number of aromatic nitrogens is 2. The van der Waals surface area contributed by atoms with Crippen LogP contribution < -0.4 is 10.1 Å². The van der Waals surface area contributed by atoms with Crippen LogP contribution in [0.5, 0.6) is 5.75 Å². The molecule has 1 aliphatic heterocycles. The van der Waals surface area contributed by atoms with E-state index in [0.717, 1.165) is 25.1 Å². The summed E-state index contributed by atoms with van der Waals surface area (Å²) >= 11 is 0. The van der Waals surface area contributed by atoms with E-state index in [4.69, 9.17) is 4.74 Å². The van der Waals surface area contributed by atoms with Crippen LogP contribution in [0.3, 0.4) is 0 Å². The maximum absolute atomic E-state index is 5.57. The second kappa shape index (κ2) is 5.95. The Morgan fingerprint density at radius 3 is 2.84 bits per heavy atom. The summed E-state index contributed by atoms with van der Waals surface area (Å²) in [6.07, 6.45) is 7.94. The number of nitrogens with zero attached hydrogens (tertiary/aromatic N) is 2. The van der Waals surface area contributed by atoms with Gasteiger partial charge in [-0.15, -0.1) is 0 Å². The van der Waals surface area contributed by atoms with Crippen molar-refractivity contribution < 1.29 is 4.74 Å². The number of nitrogens with one attached hydrogen (secondary N) is 1. The molecule has 1 fully saturated rings. The zero-order chi connectivity index (χ0) is 13.9. The maximum atomic E-state index is 5.57. The molecule has 108 valence electrons. The van der Waals surface area contributed by atoms with Gasteiger partial charge in [0.2, 0.25) is 0 Å². The fourth-order valence-corrected chi connectivity index (χ4v) is 3.16. The van der Waals surface area contributed by atoms with Crippen molar-refractivity contribution >= 4 is 0 Å². The van der Waals surface area contributed by atoms with E-state index in [9.17, 15) is 0 Å². The van der Waals surface area contributed by atoms with Crippen LogP contribution in [0.2, 0.25) is 0 Å². The molecule has 1 saturated heterocycles. The van der Waals surface area contributed by atoms with Crippen molar-refractivity contribution in [1.82, 2.24) is 15.1 Å². The van der Waals surface area contributed by atoms with Gasteiger partial charge in [0.05, 0.1) is 18.8 Å². The van der Waals surface area contributed by atoms with Gasteiger partial charge in [-0.3, -0.25) is 4.68 Å². The van der Waals surface area contributed by atoms with E-state index in [1.807, 2.05) is 6.20 Å². The van der Waals surface area contributed by atoms with Crippen molar-refractivity contribution in [2.24, 2.45) is 0 Å². The summed E-state index contributed by atoms with van der Waals surface area (Å²) in [7, 11) is 1.74. The fraction of sp³-hybridized carbons (Fsp3) is 0.800. The van der Waals surface area contributed by atoms with E-state index in [1.165, 1.54) is 25.0 Å². The first-order chi connectivity index (χ1) is 9.14. The summed E-state index contributed by atoms with van der Waals surface area (Å²) in [5, 5.41) is 8.31. The second-order valence-electron chi connectivity index (χ2n) is 5.77. The molecule has 0 saturated carbocycles. The van der Waals surface area contributed by atoms with E-state index in [0.29, 0.717) is 6.04 Å². The third-order valence-corrected chi connectivity index (χ3v) is 4.27. The normalized spacial score (nSPS) is 24.5. The number of hydrogen-bond donors (Lipinski definition) is 1. The van der Waals surface area contributed by atoms with Gasteiger partial charge in [0.25, 0.3) is 0 Å². The third kappa shape index (κ3) is 2.64. The zero-order valence-electron chi connectivity index (χ0n) is 12.7. The molecule has 1 unspecified atom stereocenters. The van der Waals surface area contributed by atoms with Gasteiger partial charge in [-0.2, -0.15) is 5.10 Å². The molecule has 0 aromatic carbocycles. The minimum atomic E-state index is 0.0165. The summed E-state index contributed by atoms with van der Waals surface area (Å²) in [5.41, 5.74) is 1.25. The van der Waals surface area contributed by atoms with Gasteiger partial charge < -0.3 is 10.1 Å². The monoisotopic (exact) mass is 265 g/mol. The SMILES string of the molecule is CCC1(c2c(OC)cnn2C(C)C)CCCCCN1. The van der Waals surface area contributed by atoms with Crippen molar-refractivity contribution in [3.63, 3.8) is 0 Å². The van der Waals surface area contributed by atoms with Crippen LogP contribution in [0.4, 0.5) is 0 Å². The van der Waals surface area contributed by atoms with Crippen molar-refractivity contribution in [2.45, 2.75) is 64.5 Å². The number of methoxy groups -OCH3 is 1. The highest BCUT2D eigenvalue weighted by Gasteiger charge is 2.37. The molecule has 0 amide bonds. The Balaban J connectivity index is 2.48. The molecular formula is C15H27N3O. The first-order valence-electron chi connectivity index (χ1n) is 7.51. The van der Waals surface area contributed by atoms with Gasteiger partial charge in [-0.1, -0.05) is 19.8 Å². The number of ether oxygens (including phenoxy) is 1. The predicted molar refractivity (Wildman–Crippen MR) is 77.6 cm³/mol. The van der Waals surface area contributed by atoms with E-state index in [1.54, 1.807) is 7.11 Å². The Bertz CT molecular complexity index is 404. The average molecular weight is 265 g/mol. The Labute approximate surface area is 116 Å². The Morgan fingerprint density at radius 2 is 2.21 bits per heavy atom. The summed E-state index contributed by atoms with van der Waals surface area (Å²) in [6, 6.07) is 0.354. The number of hydrogen-bond acceptors (Lipinski definition) is 3. The van der Waals surface area contributed by atoms with Gasteiger partial charge >= 0.3 is 0 Å². The van der Waals surface area contributed by atoms with Crippen molar-refractivity contribution in [3.8, 4) is 5.75 Å². The predicted octanol–water partition coefficient (Wildman–Crippen LogP) is 3.24. The van der Waals surface area contributed by atoms with Crippen LogP contribution in [0.25, 0.3) is 0 Å². The van der Waals surface area contributed by atoms with Crippen LogP contribution in [-0.4, -0.2) is 23.4 Å². The van der Waals surface area contributed by atoms with Crippen LogP contribution in [0, 0.1) is 0 Å². The van der Waals surface area contributed by atoms with E-state index < -0.39 is 0 Å². The Kier molecular flexibility index (Phi) is 4.50. The van der Waals surface area contributed by atoms with E-state index in [-0.39, 0.29) is 5.54 Å². The molecule has 0 radical (unpaired) electrons. The minimum Gasteiger partial charge on any atom is -0.493 e. The largest absolute Gasteiger partial charge is 0.493 e. The first kappa shape index (κ1) is 14.4. The van der Waals surface area contributed by atoms with Crippen LogP contribution in [0.1, 0.15) is 64.6 Å². The molecule has 19 heavy (non-hydrogen) atoms. The second-order valence-corrected chi connectivity index (χ2v) is 5.77. The molecule has 2 rings (SSSR count). The standard InChI is InChI=1S/C15H27N3O/c1-5-15(9-7-6-8-10-16-15)14-13(19-4)11-17-18(14)12(2)3/h11-12,16H,5-10H2,1-4H3. The molecule has 4 heteroatoms. The Morgan fingerprint density at radius 1 is 1.42 bits per heavy atom. The van der Waals surface area contributed by atoms with Crippen LogP contribution in [0.15, 0.2) is 6.20 Å². The highest BCUT2D eigenvalue weighted by Crippen LogP contribution is 2.39. The fourth-order valence-electron chi connectivity index (χ4n) is 3.16. The summed E-state index contributed by atoms with van der Waals surface area (Å²) in [6.45, 7) is 7.70. The van der Waals surface area contributed by atoms with Gasteiger partial charge in [0, 0.05) is 6.04 Å². The lowest BCUT2D eigenvalue weighted by Gasteiger charge is -2.34. The van der Waals surface area contributed by atoms with Crippen molar-refractivity contribution in [2.75, 3.05) is 13.7 Å². The topological polar surface area (TPSA) is 39.1 Å². The summed E-state index contributed by atoms with van der Waals surface area (Å²) in [4.78, 5) is 0. The molecule has 2 heterocycles. The lowest BCUT2D eigenvalue weighted by molar-refractivity contribution is 0.267. The molecule has 1 N–H and O–H groups in total. The van der Waals surface area contributed by atoms with Crippen molar-refractivity contribution in [3.05, 3.63) is 11.9 Å². The molecule has 0 bridgehead atoms. The molecule has 0 aliphatic carbocycles. The summed E-state index contributed by atoms with van der Waals surface area (Å²) in [5.74, 6) is 0.921. The lowest BCUT2D eigenvalue weighted by atomic mass is 9.86. The highest BCUT2D eigenvalue weighted by atomic mass is 16.5. The zero-order valence-corrected chi connectivity index (χ0v) is 12.7. The first-order valence-corrected chi connectivity index (χ1v) is 7.51. The third-order valence-electron chi connectivity index (χ3n) is 4.27. The molecule has 1 atom stereocenters. The lowest BCUT2D eigenvalue weighted by Crippen LogP contribution is -2.43. The molecule has 0 spiro atoms. The highest BCUT2D eigenvalue weighted by molar-refractivity contribution is 5.33. The number of rotatable bonds is 4. The maximum Gasteiger partial charge on any atom is 0.161 e. The van der Waals surface area contributed by atoms with Gasteiger partial charge in [0.15, 0.2) is 5.75 Å². The molecule has 4 nitrogen and oxygen atoms in total. The minimum absolute atomic E-state index is 0.0165. The Hall–Kier alpha value is -1.03. The van der Waals surface area contributed by atoms with E-state index >= 15 is 0 Å².